The zero-order valence-corrected chi connectivity index (χ0v) is 18.8. The second kappa shape index (κ2) is 9.03. The fourth-order valence-corrected chi connectivity index (χ4v) is 4.73. The Kier molecular flexibility index (Phi) is 6.15. The Hall–Kier alpha value is -3.72. The van der Waals surface area contributed by atoms with E-state index in [0.29, 0.717) is 17.8 Å². The van der Waals surface area contributed by atoms with Gasteiger partial charge in [-0.15, -0.1) is 0 Å². The van der Waals surface area contributed by atoms with Gasteiger partial charge in [0.2, 0.25) is 5.91 Å². The largest absolute Gasteiger partial charge is 0.497 e. The normalized spacial score (nSPS) is 15.8. The molecule has 3 aromatic carbocycles. The van der Waals surface area contributed by atoms with Gasteiger partial charge in [-0.1, -0.05) is 30.3 Å². The lowest BCUT2D eigenvalue weighted by atomic mass is 9.98. The molecule has 1 atom stereocenters. The zero-order valence-electron chi connectivity index (χ0n) is 18.0. The quantitative estimate of drug-likeness (QED) is 0.584. The number of nitrogens with one attached hydrogen (secondary N) is 1. The SMILES string of the molecule is COc1ccc(C2CC(c3ccc(NS(=O)(=O)c4cccc(F)c4)cc3)=NN2C(C)=O)cc1. The van der Waals surface area contributed by atoms with Gasteiger partial charge in [0.1, 0.15) is 11.6 Å². The summed E-state index contributed by atoms with van der Waals surface area (Å²) in [5, 5.41) is 5.96. The van der Waals surface area contributed by atoms with Crippen LogP contribution in [-0.2, 0) is 14.8 Å². The Morgan fingerprint density at radius 3 is 2.39 bits per heavy atom. The lowest BCUT2D eigenvalue weighted by Gasteiger charge is -2.20. The molecule has 0 spiro atoms. The van der Waals surface area contributed by atoms with E-state index < -0.39 is 15.8 Å². The van der Waals surface area contributed by atoms with Crippen molar-refractivity contribution in [1.82, 2.24) is 5.01 Å². The first kappa shape index (κ1) is 22.5. The highest BCUT2D eigenvalue weighted by atomic mass is 32.2. The zero-order chi connectivity index (χ0) is 23.6. The highest BCUT2D eigenvalue weighted by Crippen LogP contribution is 2.33. The lowest BCUT2D eigenvalue weighted by Crippen LogP contribution is -2.24. The second-order valence-corrected chi connectivity index (χ2v) is 9.23. The molecule has 1 heterocycles. The van der Waals surface area contributed by atoms with Gasteiger partial charge in [-0.2, -0.15) is 5.10 Å². The van der Waals surface area contributed by atoms with Gasteiger partial charge in [0.05, 0.1) is 23.8 Å². The number of benzene rings is 3. The fraction of sp³-hybridized carbons (Fsp3) is 0.167. The maximum atomic E-state index is 13.4. The Morgan fingerprint density at radius 1 is 1.09 bits per heavy atom. The van der Waals surface area contributed by atoms with Gasteiger partial charge in [0.15, 0.2) is 0 Å². The molecule has 1 N–H and O–H groups in total. The molecule has 0 radical (unpaired) electrons. The van der Waals surface area contributed by atoms with Crippen molar-refractivity contribution in [3.05, 3.63) is 89.7 Å². The summed E-state index contributed by atoms with van der Waals surface area (Å²) in [5.41, 5.74) is 2.75. The number of amides is 1. The molecule has 0 saturated heterocycles. The molecule has 9 heteroatoms. The molecule has 0 saturated carbocycles. The van der Waals surface area contributed by atoms with Crippen molar-refractivity contribution in [1.29, 1.82) is 0 Å². The smallest absolute Gasteiger partial charge is 0.261 e. The first-order valence-corrected chi connectivity index (χ1v) is 11.7. The summed E-state index contributed by atoms with van der Waals surface area (Å²) in [6.45, 7) is 1.47. The molecule has 0 fully saturated rings. The molecule has 4 rings (SSSR count). The van der Waals surface area contributed by atoms with Crippen molar-refractivity contribution in [2.45, 2.75) is 24.3 Å². The minimum Gasteiger partial charge on any atom is -0.497 e. The van der Waals surface area contributed by atoms with Crippen LogP contribution in [0, 0.1) is 5.82 Å². The molecule has 33 heavy (non-hydrogen) atoms. The Balaban J connectivity index is 1.53. The van der Waals surface area contributed by atoms with Gasteiger partial charge in [-0.05, 0) is 53.6 Å². The van der Waals surface area contributed by atoms with Gasteiger partial charge < -0.3 is 4.74 Å². The molecule has 1 aliphatic rings. The van der Waals surface area contributed by atoms with E-state index in [0.717, 1.165) is 22.9 Å². The number of hydrogen-bond donors (Lipinski definition) is 1. The van der Waals surface area contributed by atoms with Crippen LogP contribution in [0.3, 0.4) is 0 Å². The number of hydrazone groups is 1. The summed E-state index contributed by atoms with van der Waals surface area (Å²) in [7, 11) is -2.33. The molecule has 7 nitrogen and oxygen atoms in total. The topological polar surface area (TPSA) is 88.1 Å². The third-order valence-electron chi connectivity index (χ3n) is 5.31. The van der Waals surface area contributed by atoms with Crippen LogP contribution < -0.4 is 9.46 Å². The van der Waals surface area contributed by atoms with Crippen LogP contribution in [-0.4, -0.2) is 32.2 Å². The van der Waals surface area contributed by atoms with Crippen molar-refractivity contribution in [3.63, 3.8) is 0 Å². The summed E-state index contributed by atoms with van der Waals surface area (Å²) < 4.78 is 46.1. The van der Waals surface area contributed by atoms with Crippen LogP contribution in [0.4, 0.5) is 10.1 Å². The van der Waals surface area contributed by atoms with Gasteiger partial charge in [0, 0.05) is 19.0 Å². The van der Waals surface area contributed by atoms with Crippen LogP contribution in [0.25, 0.3) is 0 Å². The first-order valence-electron chi connectivity index (χ1n) is 10.2. The number of halogens is 1. The van der Waals surface area contributed by atoms with E-state index in [9.17, 15) is 17.6 Å². The minimum atomic E-state index is -3.92. The van der Waals surface area contributed by atoms with Gasteiger partial charge in [-0.25, -0.2) is 17.8 Å². The third kappa shape index (κ3) is 4.88. The predicted molar refractivity (Wildman–Crippen MR) is 123 cm³/mol. The molecule has 1 amide bonds. The molecule has 0 aromatic heterocycles. The minimum absolute atomic E-state index is 0.161. The van der Waals surface area contributed by atoms with Gasteiger partial charge in [0.25, 0.3) is 10.0 Å². The Morgan fingerprint density at radius 2 is 1.79 bits per heavy atom. The van der Waals surface area contributed by atoms with Crippen LogP contribution in [0.2, 0.25) is 0 Å². The van der Waals surface area contributed by atoms with E-state index in [1.165, 1.54) is 30.1 Å². The van der Waals surface area contributed by atoms with Gasteiger partial charge >= 0.3 is 0 Å². The molecule has 3 aromatic rings. The first-order chi connectivity index (χ1) is 15.8. The van der Waals surface area contributed by atoms with E-state index in [1.807, 2.05) is 24.3 Å². The average molecular weight is 468 g/mol. The van der Waals surface area contributed by atoms with Crippen molar-refractivity contribution < 1.29 is 22.3 Å². The molecular weight excluding hydrogens is 445 g/mol. The number of hydrogen-bond acceptors (Lipinski definition) is 5. The average Bonchev–Trinajstić information content (AvgIpc) is 3.25. The number of carbonyl (C=O) groups excluding carboxylic acids is 1. The second-order valence-electron chi connectivity index (χ2n) is 7.54. The molecule has 1 aliphatic heterocycles. The van der Waals surface area contributed by atoms with Crippen molar-refractivity contribution in [2.24, 2.45) is 5.10 Å². The van der Waals surface area contributed by atoms with E-state index in [-0.39, 0.29) is 16.8 Å². The number of sulfonamides is 1. The van der Waals surface area contributed by atoms with E-state index >= 15 is 0 Å². The third-order valence-corrected chi connectivity index (χ3v) is 6.69. The number of nitrogens with zero attached hydrogens (tertiary/aromatic N) is 2. The number of rotatable bonds is 6. The Bertz CT molecular complexity index is 1310. The maximum absolute atomic E-state index is 13.4. The van der Waals surface area contributed by atoms with Crippen LogP contribution >= 0.6 is 0 Å². The highest BCUT2D eigenvalue weighted by molar-refractivity contribution is 7.92. The summed E-state index contributed by atoms with van der Waals surface area (Å²) in [6.07, 6.45) is 0.514. The number of ether oxygens (including phenoxy) is 1. The summed E-state index contributed by atoms with van der Waals surface area (Å²) in [4.78, 5) is 12.0. The summed E-state index contributed by atoms with van der Waals surface area (Å²) in [6, 6.07) is 18.7. The molecule has 0 bridgehead atoms. The van der Waals surface area contributed by atoms with Crippen molar-refractivity contribution in [2.75, 3.05) is 11.8 Å². The van der Waals surface area contributed by atoms with E-state index in [2.05, 4.69) is 9.82 Å². The fourth-order valence-electron chi connectivity index (χ4n) is 3.64. The lowest BCUT2D eigenvalue weighted by molar-refractivity contribution is -0.130. The van der Waals surface area contributed by atoms with Crippen molar-refractivity contribution in [3.8, 4) is 5.75 Å². The number of carbonyl (C=O) groups is 1. The number of anilines is 1. The van der Waals surface area contributed by atoms with E-state index in [4.69, 9.17) is 4.74 Å². The summed E-state index contributed by atoms with van der Waals surface area (Å²) >= 11 is 0. The number of methoxy groups -OCH3 is 1. The molecular formula is C24H22FN3O4S. The standard InChI is InChI=1S/C24H22FN3O4S/c1-16(29)28-24(18-8-12-21(32-2)13-9-18)15-23(26-28)17-6-10-20(11-7-17)27-33(30,31)22-5-3-4-19(25)14-22/h3-14,24,27H,15H2,1-2H3. The molecule has 0 aliphatic carbocycles. The predicted octanol–water partition coefficient (Wildman–Crippen LogP) is 4.33. The van der Waals surface area contributed by atoms with Crippen LogP contribution in [0.15, 0.2) is 82.8 Å². The monoisotopic (exact) mass is 467 g/mol. The van der Waals surface area contributed by atoms with E-state index in [1.54, 1.807) is 31.4 Å². The van der Waals surface area contributed by atoms with Crippen LogP contribution in [0.1, 0.15) is 30.5 Å². The van der Waals surface area contributed by atoms with Crippen LogP contribution in [0.5, 0.6) is 5.75 Å². The Labute approximate surface area is 191 Å². The maximum Gasteiger partial charge on any atom is 0.261 e. The molecule has 1 unspecified atom stereocenters. The summed E-state index contributed by atoms with van der Waals surface area (Å²) in [5.74, 6) is -0.0808. The van der Waals surface area contributed by atoms with Crippen molar-refractivity contribution >= 4 is 27.3 Å². The highest BCUT2D eigenvalue weighted by Gasteiger charge is 2.31. The molecule has 170 valence electrons. The van der Waals surface area contributed by atoms with Gasteiger partial charge in [-0.3, -0.25) is 9.52 Å².